The van der Waals surface area contributed by atoms with Crippen molar-refractivity contribution in [2.75, 3.05) is 13.3 Å². The average Bonchev–Trinajstić information content (AvgIpc) is 3.21. The SMILES string of the molecule is CCNC(=O)[C@H](CC)N(Cc1ccccc1C)C(=O)CCc1ccc2c(c1)OCO2. The van der Waals surface area contributed by atoms with Gasteiger partial charge in [0.1, 0.15) is 6.04 Å². The summed E-state index contributed by atoms with van der Waals surface area (Å²) in [7, 11) is 0. The lowest BCUT2D eigenvalue weighted by atomic mass is 10.0. The number of likely N-dealkylation sites (N-methyl/N-ethyl adjacent to an activating group) is 1. The molecule has 2 amide bonds. The highest BCUT2D eigenvalue weighted by atomic mass is 16.7. The molecule has 6 nitrogen and oxygen atoms in total. The zero-order valence-electron chi connectivity index (χ0n) is 17.9. The van der Waals surface area contributed by atoms with Gasteiger partial charge in [-0.1, -0.05) is 37.3 Å². The Morgan fingerprint density at radius 3 is 2.60 bits per heavy atom. The monoisotopic (exact) mass is 410 g/mol. The molecule has 30 heavy (non-hydrogen) atoms. The topological polar surface area (TPSA) is 67.9 Å². The molecule has 0 aromatic heterocycles. The van der Waals surface area contributed by atoms with Gasteiger partial charge in [0.25, 0.3) is 0 Å². The number of nitrogens with zero attached hydrogens (tertiary/aromatic N) is 1. The van der Waals surface area contributed by atoms with Crippen LogP contribution in [0.3, 0.4) is 0 Å². The van der Waals surface area contributed by atoms with E-state index in [2.05, 4.69) is 5.32 Å². The first-order chi connectivity index (χ1) is 14.5. The molecule has 0 bridgehead atoms. The molecule has 0 spiro atoms. The molecule has 1 N–H and O–H groups in total. The van der Waals surface area contributed by atoms with Crippen LogP contribution in [0.25, 0.3) is 0 Å². The molecular weight excluding hydrogens is 380 g/mol. The van der Waals surface area contributed by atoms with Crippen LogP contribution in [-0.4, -0.2) is 36.1 Å². The number of benzene rings is 2. The summed E-state index contributed by atoms with van der Waals surface area (Å²) >= 11 is 0. The standard InChI is InChI=1S/C24H30N2O4/c1-4-20(24(28)25-5-2)26(15-19-9-7-6-8-17(19)3)23(27)13-11-18-10-12-21-22(14-18)30-16-29-21/h6-10,12,14,20H,4-5,11,13,15-16H2,1-3H3,(H,25,28)/t20-/m0/s1. The number of ether oxygens (including phenoxy) is 2. The fourth-order valence-electron chi connectivity index (χ4n) is 3.67. The Morgan fingerprint density at radius 2 is 1.87 bits per heavy atom. The molecule has 0 saturated heterocycles. The van der Waals surface area contributed by atoms with E-state index < -0.39 is 6.04 Å². The maximum absolute atomic E-state index is 13.3. The Morgan fingerprint density at radius 1 is 1.10 bits per heavy atom. The Labute approximate surface area is 178 Å². The maximum Gasteiger partial charge on any atom is 0.242 e. The van der Waals surface area contributed by atoms with Gasteiger partial charge in [0, 0.05) is 19.5 Å². The highest BCUT2D eigenvalue weighted by Crippen LogP contribution is 2.32. The van der Waals surface area contributed by atoms with E-state index in [1.165, 1.54) is 0 Å². The zero-order valence-corrected chi connectivity index (χ0v) is 17.9. The van der Waals surface area contributed by atoms with Crippen LogP contribution in [0, 0.1) is 6.92 Å². The van der Waals surface area contributed by atoms with Crippen molar-refractivity contribution in [2.24, 2.45) is 0 Å². The van der Waals surface area contributed by atoms with E-state index in [-0.39, 0.29) is 18.6 Å². The Bertz CT molecular complexity index is 897. The van der Waals surface area contributed by atoms with E-state index in [1.54, 1.807) is 4.90 Å². The van der Waals surface area contributed by atoms with E-state index in [9.17, 15) is 9.59 Å². The third-order valence-corrected chi connectivity index (χ3v) is 5.40. The number of amides is 2. The molecule has 2 aromatic rings. The summed E-state index contributed by atoms with van der Waals surface area (Å²) in [4.78, 5) is 27.6. The predicted octanol–water partition coefficient (Wildman–Crippen LogP) is 3.60. The first-order valence-corrected chi connectivity index (χ1v) is 10.5. The molecule has 3 rings (SSSR count). The van der Waals surface area contributed by atoms with E-state index in [1.807, 2.05) is 63.2 Å². The minimum atomic E-state index is -0.492. The number of rotatable bonds is 9. The van der Waals surface area contributed by atoms with Crippen molar-refractivity contribution in [2.45, 2.75) is 52.6 Å². The summed E-state index contributed by atoms with van der Waals surface area (Å²) in [6.07, 6.45) is 1.46. The number of carbonyl (C=O) groups excluding carboxylic acids is 2. The molecule has 0 unspecified atom stereocenters. The maximum atomic E-state index is 13.3. The molecule has 0 saturated carbocycles. The lowest BCUT2D eigenvalue weighted by Gasteiger charge is -2.31. The molecule has 160 valence electrons. The van der Waals surface area contributed by atoms with Crippen molar-refractivity contribution in [1.29, 1.82) is 0 Å². The van der Waals surface area contributed by atoms with E-state index in [4.69, 9.17) is 9.47 Å². The Hall–Kier alpha value is -3.02. The third-order valence-electron chi connectivity index (χ3n) is 5.40. The molecule has 1 aliphatic heterocycles. The van der Waals surface area contributed by atoms with Gasteiger partial charge in [-0.3, -0.25) is 9.59 Å². The summed E-state index contributed by atoms with van der Waals surface area (Å²) in [5.41, 5.74) is 3.17. The third kappa shape index (κ3) is 5.12. The molecule has 0 aliphatic carbocycles. The van der Waals surface area contributed by atoms with Crippen molar-refractivity contribution in [3.8, 4) is 11.5 Å². The lowest BCUT2D eigenvalue weighted by Crippen LogP contribution is -2.49. The van der Waals surface area contributed by atoms with Gasteiger partial charge in [-0.2, -0.15) is 0 Å². The van der Waals surface area contributed by atoms with E-state index in [0.717, 1.165) is 22.4 Å². The Kier molecular flexibility index (Phi) is 7.33. The molecule has 1 aliphatic rings. The second-order valence-electron chi connectivity index (χ2n) is 7.45. The molecule has 0 radical (unpaired) electrons. The van der Waals surface area contributed by atoms with Crippen LogP contribution in [-0.2, 0) is 22.6 Å². The van der Waals surface area contributed by atoms with Gasteiger partial charge < -0.3 is 19.7 Å². The van der Waals surface area contributed by atoms with Crippen LogP contribution in [0.4, 0.5) is 0 Å². The van der Waals surface area contributed by atoms with Crippen LogP contribution in [0.15, 0.2) is 42.5 Å². The predicted molar refractivity (Wildman–Crippen MR) is 115 cm³/mol. The molecule has 1 atom stereocenters. The minimum absolute atomic E-state index is 0.0333. The summed E-state index contributed by atoms with van der Waals surface area (Å²) in [5.74, 6) is 1.30. The van der Waals surface area contributed by atoms with Crippen LogP contribution in [0.5, 0.6) is 11.5 Å². The quantitative estimate of drug-likeness (QED) is 0.686. The number of fused-ring (bicyclic) bond motifs is 1. The first-order valence-electron chi connectivity index (χ1n) is 10.5. The first kappa shape index (κ1) is 21.7. The van der Waals surface area contributed by atoms with E-state index >= 15 is 0 Å². The highest BCUT2D eigenvalue weighted by Gasteiger charge is 2.28. The van der Waals surface area contributed by atoms with Gasteiger partial charge in [-0.15, -0.1) is 0 Å². The van der Waals surface area contributed by atoms with Crippen molar-refractivity contribution in [3.05, 3.63) is 59.2 Å². The second kappa shape index (κ2) is 10.1. The van der Waals surface area contributed by atoms with Gasteiger partial charge in [0.15, 0.2) is 11.5 Å². The van der Waals surface area contributed by atoms with Crippen LogP contribution in [0.1, 0.15) is 43.4 Å². The summed E-state index contributed by atoms with van der Waals surface area (Å²) < 4.78 is 10.8. The normalized spacial score (nSPS) is 13.0. The minimum Gasteiger partial charge on any atom is -0.454 e. The number of hydrogen-bond donors (Lipinski definition) is 1. The van der Waals surface area contributed by atoms with Gasteiger partial charge in [-0.05, 0) is 55.5 Å². The molecule has 6 heteroatoms. The molecule has 2 aromatic carbocycles. The number of aryl methyl sites for hydroxylation is 2. The summed E-state index contributed by atoms with van der Waals surface area (Å²) in [5, 5.41) is 2.87. The van der Waals surface area contributed by atoms with E-state index in [0.29, 0.717) is 38.1 Å². The number of hydrogen-bond acceptors (Lipinski definition) is 4. The number of carbonyl (C=O) groups is 2. The van der Waals surface area contributed by atoms with Crippen molar-refractivity contribution < 1.29 is 19.1 Å². The van der Waals surface area contributed by atoms with Crippen LogP contribution >= 0.6 is 0 Å². The zero-order chi connectivity index (χ0) is 21.5. The fourth-order valence-corrected chi connectivity index (χ4v) is 3.67. The van der Waals surface area contributed by atoms with Crippen molar-refractivity contribution in [1.82, 2.24) is 10.2 Å². The van der Waals surface area contributed by atoms with Gasteiger partial charge in [-0.25, -0.2) is 0 Å². The molecular formula is C24H30N2O4. The summed E-state index contributed by atoms with van der Waals surface area (Å²) in [6.45, 7) is 7.04. The smallest absolute Gasteiger partial charge is 0.242 e. The summed E-state index contributed by atoms with van der Waals surface area (Å²) in [6, 6.07) is 13.2. The fraction of sp³-hybridized carbons (Fsp3) is 0.417. The lowest BCUT2D eigenvalue weighted by molar-refractivity contribution is -0.141. The average molecular weight is 411 g/mol. The van der Waals surface area contributed by atoms with Gasteiger partial charge in [0.2, 0.25) is 18.6 Å². The Balaban J connectivity index is 1.76. The van der Waals surface area contributed by atoms with Gasteiger partial charge in [0.05, 0.1) is 0 Å². The highest BCUT2D eigenvalue weighted by molar-refractivity contribution is 5.87. The van der Waals surface area contributed by atoms with Crippen molar-refractivity contribution in [3.63, 3.8) is 0 Å². The van der Waals surface area contributed by atoms with Crippen molar-refractivity contribution >= 4 is 11.8 Å². The van der Waals surface area contributed by atoms with Gasteiger partial charge >= 0.3 is 0 Å². The second-order valence-corrected chi connectivity index (χ2v) is 7.45. The van der Waals surface area contributed by atoms with Crippen LogP contribution < -0.4 is 14.8 Å². The molecule has 1 heterocycles. The van der Waals surface area contributed by atoms with Crippen LogP contribution in [0.2, 0.25) is 0 Å². The number of nitrogens with one attached hydrogen (secondary N) is 1. The largest absolute Gasteiger partial charge is 0.454 e. The molecule has 0 fully saturated rings.